The second kappa shape index (κ2) is 53.0. The summed E-state index contributed by atoms with van der Waals surface area (Å²) >= 11 is 0. The van der Waals surface area contributed by atoms with Crippen LogP contribution in [0.2, 0.25) is 0 Å². The first-order valence-electron chi connectivity index (χ1n) is 41.7. The van der Waals surface area contributed by atoms with Gasteiger partial charge in [0.15, 0.2) is 0 Å². The van der Waals surface area contributed by atoms with Gasteiger partial charge in [0.05, 0.1) is 34.4 Å². The molecule has 17 rings (SSSR count). The standard InChI is InChI=1S/C19H15F4N4O2.C19H17F2N4O2.2C19H19F2N4O2.C17H15F2N4O2.5Y/c1-26-18(28)27(25-24-26)15-7-4-6-11(14-9-19(14,22)23)13(15)10-29-16-8-3-2-5-12(16)17(20)21;1-24-19(26)25(23-22-24)16-7-4-6-13(12-9-10-12)15(16)11-27-17-8-3-2-5-14(17)18(20)21;1-12(2)13-8-6-9-16(25-19(26)24(3)22-23-25)15(13)11-27-17-10-5-4-7-14(17)18(20)21;1-3-7-13-8-6-10-16(25-19(26)24(2)22-23-25)15(13)12-27-17-11-5-4-9-14(17)18(20)21;1-11-6-5-8-14(23-17(24)22(2)20-21-23)13(11)10-25-15-9-4-3-7-12(15)16(18)19;;;;;/h3-8,14,17H,9-10H2,1H3;3-8,12,18H,9-11H2,1H3;5-10,12,18H,11H2,1-3H3;5-6,8-11,18H,3,7,12H2,1-2H3;4-9,16H,10H2,1-2H3;;;;;/q5*-1;;;;;. The first kappa shape index (κ1) is 115. The quantitative estimate of drug-likeness (QED) is 0.0298. The van der Waals surface area contributed by atoms with E-state index in [0.717, 1.165) is 97.9 Å². The molecule has 1 atom stereocenters. The number of alkyl halides is 12. The average Bonchev–Trinajstić information content (AvgIpc) is 1.59. The number of hydrogen-bond donors (Lipinski definition) is 0. The summed E-state index contributed by atoms with van der Waals surface area (Å²) in [6.07, 6.45) is -10.0. The van der Waals surface area contributed by atoms with Crippen molar-refractivity contribution in [1.82, 2.24) is 99.0 Å². The molecule has 0 aliphatic heterocycles. The van der Waals surface area contributed by atoms with Crippen LogP contribution in [-0.2, 0) is 238 Å². The van der Waals surface area contributed by atoms with Gasteiger partial charge in [-0.3, -0.25) is 0 Å². The van der Waals surface area contributed by atoms with Gasteiger partial charge in [0.1, 0.15) is 33.0 Å². The Labute approximate surface area is 918 Å². The number of hydrogen-bond acceptors (Lipinski definition) is 20. The zero-order valence-electron chi connectivity index (χ0n) is 76.5. The Morgan fingerprint density at radius 3 is 0.907 bits per heavy atom. The number of aryl methyl sites for hydroxylation is 7. The largest absolute Gasteiger partial charge is 0.514 e. The van der Waals surface area contributed by atoms with Crippen molar-refractivity contribution in [2.75, 3.05) is 0 Å². The van der Waals surface area contributed by atoms with Gasteiger partial charge in [-0.15, -0.1) is 30.3 Å². The van der Waals surface area contributed by atoms with Crippen LogP contribution >= 0.6 is 0 Å². The van der Waals surface area contributed by atoms with E-state index >= 15 is 0 Å². The van der Waals surface area contributed by atoms with Crippen molar-refractivity contribution in [3.63, 3.8) is 0 Å². The van der Waals surface area contributed by atoms with Crippen molar-refractivity contribution in [3.8, 4) is 57.2 Å². The van der Waals surface area contributed by atoms with Crippen LogP contribution in [0.3, 0.4) is 0 Å². The zero-order chi connectivity index (χ0) is 96.6. The van der Waals surface area contributed by atoms with Gasteiger partial charge in [0.25, 0.3) is 5.92 Å². The molecule has 5 heterocycles. The number of halogens is 12. The van der Waals surface area contributed by atoms with E-state index in [1.807, 2.05) is 70.2 Å². The summed E-state index contributed by atoms with van der Waals surface area (Å²) in [7, 11) is 7.42. The van der Waals surface area contributed by atoms with Gasteiger partial charge in [0, 0.05) is 262 Å². The van der Waals surface area contributed by atoms with Gasteiger partial charge in [-0.2, -0.15) is 138 Å². The Morgan fingerprint density at radius 2 is 0.614 bits per heavy atom. The molecular weight excluding hydrogens is 2230 g/mol. The van der Waals surface area contributed by atoms with E-state index < -0.39 is 66.7 Å². The summed E-state index contributed by atoms with van der Waals surface area (Å²) < 4.78 is 199. The van der Waals surface area contributed by atoms with Crippen LogP contribution in [0.4, 0.5) is 52.7 Å². The zero-order valence-corrected chi connectivity index (χ0v) is 90.7. The number of aromatic nitrogens is 20. The van der Waals surface area contributed by atoms with Crippen molar-refractivity contribution < 1.29 is 240 Å². The normalized spacial score (nSPS) is 12.6. The van der Waals surface area contributed by atoms with E-state index in [9.17, 15) is 76.7 Å². The number of nitrogens with zero attached hydrogens (tertiary/aromatic N) is 20. The summed E-state index contributed by atoms with van der Waals surface area (Å²) in [5.41, 5.74) is 6.09. The molecule has 0 amide bonds. The SMILES string of the molecule is CC(C)c1cccc(-n2nnn(C)c2=O)c1COc1cc[c-]cc1C(F)F.CCCc1cccc(-n2nnn(C)c2=O)c1COc1cc[c-]cc1C(F)F.Cc1cccc(-n2nnn(C)c2=O)c1COc1cc[c-]cc1C(F)F.Cn1nnn(-c2cccc(C3CC3(F)F)c2COc2cc[c-]cc2C(F)F)c1=O.Cn1nnn(-c2cccc(C3CC3)c2COc2cc[c-]cc2C(F)F)c1=O.[Y].[Y].[Y].[Y].[Y]. The molecule has 721 valence electrons. The fourth-order valence-corrected chi connectivity index (χ4v) is 14.3. The monoisotopic (exact) mass is 2310 g/mol. The van der Waals surface area contributed by atoms with E-state index in [-0.39, 0.29) is 288 Å². The Kier molecular flexibility index (Phi) is 43.7. The minimum Gasteiger partial charge on any atom is -0.514 e. The summed E-state index contributed by atoms with van der Waals surface area (Å²) in [5, 5.41) is 37.8. The van der Waals surface area contributed by atoms with Crippen LogP contribution in [-0.4, -0.2) is 105 Å². The van der Waals surface area contributed by atoms with Crippen LogP contribution < -0.4 is 52.1 Å². The summed E-state index contributed by atoms with van der Waals surface area (Å²) in [5.74, 6) is -3.12. The number of benzene rings is 10. The predicted molar refractivity (Wildman–Crippen MR) is 463 cm³/mol. The third kappa shape index (κ3) is 28.0. The van der Waals surface area contributed by atoms with Crippen LogP contribution in [0.25, 0.3) is 28.4 Å². The average molecular weight is 2320 g/mol. The Morgan fingerprint density at radius 1 is 0.350 bits per heavy atom. The van der Waals surface area contributed by atoms with Gasteiger partial charge in [0.2, 0.25) is 32.1 Å². The molecule has 0 N–H and O–H groups in total. The molecule has 0 saturated heterocycles. The Bertz CT molecular complexity index is 6830. The topological polar surface area (TPSA) is 310 Å². The fraction of sp³-hybridized carbons (Fsp3) is 0.301. The van der Waals surface area contributed by atoms with Crippen molar-refractivity contribution in [1.29, 1.82) is 0 Å². The second-order valence-corrected chi connectivity index (χ2v) is 31.0. The first-order chi connectivity index (χ1) is 64.8. The minimum atomic E-state index is -2.86. The first-order valence-corrected chi connectivity index (χ1v) is 41.7. The molecule has 30 nitrogen and oxygen atoms in total. The van der Waals surface area contributed by atoms with Crippen molar-refractivity contribution in [2.45, 2.75) is 149 Å². The molecule has 1 unspecified atom stereocenters. The van der Waals surface area contributed by atoms with E-state index in [1.165, 1.54) is 152 Å². The smallest absolute Gasteiger partial charge is 0.368 e. The molecule has 2 aliphatic rings. The molecule has 5 radical (unpaired) electrons. The summed E-state index contributed by atoms with van der Waals surface area (Å²) in [4.78, 5) is 61.2. The number of ether oxygens (including phenoxy) is 5. The van der Waals surface area contributed by atoms with Crippen molar-refractivity contribution in [2.24, 2.45) is 35.2 Å². The molecule has 47 heteroatoms. The predicted octanol–water partition coefficient (Wildman–Crippen LogP) is 15.8. The third-order valence-electron chi connectivity index (χ3n) is 21.6. The van der Waals surface area contributed by atoms with Crippen LogP contribution in [0.15, 0.2) is 206 Å². The molecule has 2 aliphatic carbocycles. The summed E-state index contributed by atoms with van der Waals surface area (Å²) in [6, 6.07) is 60.1. The van der Waals surface area contributed by atoms with Crippen LogP contribution in [0.1, 0.15) is 180 Å². The van der Waals surface area contributed by atoms with Gasteiger partial charge >= 0.3 is 28.4 Å². The Balaban J connectivity index is 0.000000213. The van der Waals surface area contributed by atoms with E-state index in [1.54, 1.807) is 30.3 Å². The van der Waals surface area contributed by atoms with Crippen molar-refractivity contribution >= 4 is 0 Å². The molecule has 140 heavy (non-hydrogen) atoms. The Hall–Kier alpha value is -9.77. The minimum absolute atomic E-state index is 0. The van der Waals surface area contributed by atoms with Gasteiger partial charge in [-0.05, 0) is 176 Å². The summed E-state index contributed by atoms with van der Waals surface area (Å²) in [6.45, 7) is 7.68. The van der Waals surface area contributed by atoms with Gasteiger partial charge in [-0.1, -0.05) is 87.9 Å². The van der Waals surface area contributed by atoms with E-state index in [2.05, 4.69) is 82.5 Å². The number of tetrazole rings is 5. The molecular formula is C93H85F12N20O10Y5-5. The van der Waals surface area contributed by atoms with Crippen molar-refractivity contribution in [3.05, 3.63) is 348 Å². The van der Waals surface area contributed by atoms with E-state index in [4.69, 9.17) is 23.7 Å². The maximum Gasteiger partial charge on any atom is 0.368 e. The maximum atomic E-state index is 13.8. The van der Waals surface area contributed by atoms with Crippen LogP contribution in [0, 0.1) is 37.3 Å². The van der Waals surface area contributed by atoms with Crippen LogP contribution in [0.5, 0.6) is 28.7 Å². The van der Waals surface area contributed by atoms with Gasteiger partial charge in [-0.25, -0.2) is 76.7 Å². The number of rotatable bonds is 30. The molecule has 2 fully saturated rings. The molecule has 2 saturated carbocycles. The second-order valence-electron chi connectivity index (χ2n) is 31.0. The molecule has 0 bridgehead atoms. The van der Waals surface area contributed by atoms with Gasteiger partial charge < -0.3 is 23.7 Å². The maximum absolute atomic E-state index is 13.8. The molecule has 5 aromatic heterocycles. The third-order valence-corrected chi connectivity index (χ3v) is 21.6. The fourth-order valence-electron chi connectivity index (χ4n) is 14.3. The van der Waals surface area contributed by atoms with E-state index in [0.29, 0.717) is 39.8 Å². The molecule has 15 aromatic rings. The molecule has 0 spiro atoms. The molecule has 10 aromatic carbocycles.